The third-order valence-electron chi connectivity index (χ3n) is 6.34. The van der Waals surface area contributed by atoms with Crippen molar-refractivity contribution >= 4 is 11.4 Å². The lowest BCUT2D eigenvalue weighted by Gasteiger charge is -2.27. The van der Waals surface area contributed by atoms with Gasteiger partial charge in [0.15, 0.2) is 0 Å². The zero-order valence-electron chi connectivity index (χ0n) is 20.5. The summed E-state index contributed by atoms with van der Waals surface area (Å²) in [5.41, 5.74) is 5.61. The second kappa shape index (κ2) is 8.57. The Labute approximate surface area is 194 Å². The lowest BCUT2D eigenvalue weighted by atomic mass is 9.87. The molecule has 0 aromatic heterocycles. The molecule has 2 aromatic rings. The minimum Gasteiger partial charge on any atom is -0.356 e. The van der Waals surface area contributed by atoms with Gasteiger partial charge in [-0.25, -0.2) is 0 Å². The van der Waals surface area contributed by atoms with Gasteiger partial charge in [-0.1, -0.05) is 65.8 Å². The number of anilines is 2. The van der Waals surface area contributed by atoms with Crippen LogP contribution >= 0.6 is 0 Å². The summed E-state index contributed by atoms with van der Waals surface area (Å²) in [5.74, 6) is 0. The smallest absolute Gasteiger partial charge is 0.0942 e. The van der Waals surface area contributed by atoms with E-state index in [2.05, 4.69) is 134 Å². The number of nitrogens with zero attached hydrogens (tertiary/aromatic N) is 4. The molecule has 2 heterocycles. The van der Waals surface area contributed by atoms with E-state index < -0.39 is 0 Å². The van der Waals surface area contributed by atoms with Crippen LogP contribution in [0.15, 0.2) is 73.3 Å². The number of hydrogen-bond acceptors (Lipinski definition) is 4. The molecule has 0 fully saturated rings. The van der Waals surface area contributed by atoms with Crippen LogP contribution < -0.4 is 9.80 Å². The third kappa shape index (κ3) is 5.12. The topological polar surface area (TPSA) is 13.0 Å². The predicted molar refractivity (Wildman–Crippen MR) is 137 cm³/mol. The van der Waals surface area contributed by atoms with E-state index in [4.69, 9.17) is 0 Å². The highest BCUT2D eigenvalue weighted by Gasteiger charge is 2.20. The molecule has 4 nitrogen and oxygen atoms in total. The van der Waals surface area contributed by atoms with Crippen molar-refractivity contribution in [2.75, 3.05) is 36.2 Å². The van der Waals surface area contributed by atoms with Crippen molar-refractivity contribution in [3.05, 3.63) is 84.5 Å². The summed E-state index contributed by atoms with van der Waals surface area (Å²) >= 11 is 0. The van der Waals surface area contributed by atoms with Gasteiger partial charge in [0.2, 0.25) is 0 Å². The fourth-order valence-corrected chi connectivity index (χ4v) is 4.11. The fourth-order valence-electron chi connectivity index (χ4n) is 4.11. The monoisotopic (exact) mass is 430 g/mol. The molecule has 0 spiro atoms. The second-order valence-corrected chi connectivity index (χ2v) is 11.0. The van der Waals surface area contributed by atoms with Gasteiger partial charge < -0.3 is 19.6 Å². The Hall–Kier alpha value is -2.88. The summed E-state index contributed by atoms with van der Waals surface area (Å²) in [6, 6.07) is 17.8. The first-order chi connectivity index (χ1) is 15.1. The summed E-state index contributed by atoms with van der Waals surface area (Å²) in [5, 5.41) is 0. The Balaban J connectivity index is 1.29. The molecule has 4 rings (SSSR count). The van der Waals surface area contributed by atoms with E-state index in [9.17, 15) is 0 Å². The molecule has 2 aromatic carbocycles. The predicted octanol–water partition coefficient (Wildman–Crippen LogP) is 6.08. The first-order valence-corrected chi connectivity index (χ1v) is 11.7. The quantitative estimate of drug-likeness (QED) is 0.569. The Kier molecular flexibility index (Phi) is 5.98. The molecule has 4 heteroatoms. The molecule has 0 amide bonds. The average molecular weight is 431 g/mol. The lowest BCUT2D eigenvalue weighted by Crippen LogP contribution is -2.34. The summed E-state index contributed by atoms with van der Waals surface area (Å²) in [6.45, 7) is 17.4. The molecule has 2 aliphatic heterocycles. The molecule has 32 heavy (non-hydrogen) atoms. The summed E-state index contributed by atoms with van der Waals surface area (Å²) in [7, 11) is 0. The van der Waals surface area contributed by atoms with Crippen molar-refractivity contribution < 1.29 is 0 Å². The van der Waals surface area contributed by atoms with E-state index in [0.717, 1.165) is 26.4 Å². The van der Waals surface area contributed by atoms with Crippen LogP contribution in [0.3, 0.4) is 0 Å². The van der Waals surface area contributed by atoms with Crippen LogP contribution in [0, 0.1) is 0 Å². The zero-order chi connectivity index (χ0) is 22.9. The van der Waals surface area contributed by atoms with Crippen LogP contribution in [0.5, 0.6) is 0 Å². The molecular formula is C28H38N4. The lowest BCUT2D eigenvalue weighted by molar-refractivity contribution is 0.322. The maximum atomic E-state index is 2.39. The minimum absolute atomic E-state index is 0.166. The molecule has 0 atom stereocenters. The van der Waals surface area contributed by atoms with Crippen molar-refractivity contribution in [3.63, 3.8) is 0 Å². The second-order valence-electron chi connectivity index (χ2n) is 11.0. The highest BCUT2D eigenvalue weighted by atomic mass is 15.4. The van der Waals surface area contributed by atoms with Crippen LogP contribution in [0.25, 0.3) is 0 Å². The molecular weight excluding hydrogens is 392 g/mol. The average Bonchev–Trinajstić information content (AvgIpc) is 3.41. The molecule has 0 unspecified atom stereocenters. The Morgan fingerprint density at radius 2 is 1.00 bits per heavy atom. The SMILES string of the molecule is CC(C)(C)c1cccc(N2C=CN(CCN3C=CN(c4cccc(C(C)(C)C)c4)C3)C2)c1. The van der Waals surface area contributed by atoms with Crippen molar-refractivity contribution in [1.82, 2.24) is 9.80 Å². The van der Waals surface area contributed by atoms with E-state index >= 15 is 0 Å². The first kappa shape index (κ1) is 22.3. The number of benzene rings is 2. The van der Waals surface area contributed by atoms with Gasteiger partial charge in [0, 0.05) is 49.3 Å². The summed E-state index contributed by atoms with van der Waals surface area (Å²) < 4.78 is 0. The van der Waals surface area contributed by atoms with Gasteiger partial charge >= 0.3 is 0 Å². The molecule has 0 saturated carbocycles. The fraction of sp³-hybridized carbons (Fsp3) is 0.429. The Morgan fingerprint density at radius 3 is 1.38 bits per heavy atom. The molecule has 0 aliphatic carbocycles. The summed E-state index contributed by atoms with van der Waals surface area (Å²) in [4.78, 5) is 9.44. The molecule has 0 saturated heterocycles. The van der Waals surface area contributed by atoms with Gasteiger partial charge in [0.25, 0.3) is 0 Å². The van der Waals surface area contributed by atoms with Crippen LogP contribution in [-0.4, -0.2) is 36.2 Å². The molecule has 0 radical (unpaired) electrons. The van der Waals surface area contributed by atoms with Crippen LogP contribution in [-0.2, 0) is 10.8 Å². The van der Waals surface area contributed by atoms with Crippen LogP contribution in [0.4, 0.5) is 11.4 Å². The van der Waals surface area contributed by atoms with E-state index in [0.29, 0.717) is 0 Å². The maximum absolute atomic E-state index is 2.39. The molecule has 2 aliphatic rings. The highest BCUT2D eigenvalue weighted by molar-refractivity contribution is 5.54. The van der Waals surface area contributed by atoms with E-state index in [-0.39, 0.29) is 10.8 Å². The normalized spacial score (nSPS) is 16.6. The Bertz CT molecular complexity index is 911. The van der Waals surface area contributed by atoms with E-state index in [1.54, 1.807) is 0 Å². The van der Waals surface area contributed by atoms with Gasteiger partial charge in [0.1, 0.15) is 0 Å². The standard InChI is InChI=1S/C28H38N4/c1-27(2,3)23-9-7-11-25(19-23)31-17-15-29(21-31)13-14-30-16-18-32(22-30)26-12-8-10-24(20-26)28(4,5)6/h7-12,15-20H,13-14,21-22H2,1-6H3. The maximum Gasteiger partial charge on any atom is 0.0942 e. The van der Waals surface area contributed by atoms with Gasteiger partial charge in [0.05, 0.1) is 13.3 Å². The van der Waals surface area contributed by atoms with Crippen molar-refractivity contribution in [3.8, 4) is 0 Å². The minimum atomic E-state index is 0.166. The van der Waals surface area contributed by atoms with E-state index in [1.807, 2.05) is 0 Å². The van der Waals surface area contributed by atoms with E-state index in [1.165, 1.54) is 22.5 Å². The molecule has 0 bridgehead atoms. The van der Waals surface area contributed by atoms with Gasteiger partial charge in [-0.15, -0.1) is 0 Å². The summed E-state index contributed by atoms with van der Waals surface area (Å²) in [6.07, 6.45) is 8.83. The van der Waals surface area contributed by atoms with Crippen molar-refractivity contribution in [1.29, 1.82) is 0 Å². The van der Waals surface area contributed by atoms with Crippen LogP contribution in [0.1, 0.15) is 52.7 Å². The largest absolute Gasteiger partial charge is 0.356 e. The third-order valence-corrected chi connectivity index (χ3v) is 6.34. The highest BCUT2D eigenvalue weighted by Crippen LogP contribution is 2.29. The van der Waals surface area contributed by atoms with Crippen LogP contribution in [0.2, 0.25) is 0 Å². The zero-order valence-corrected chi connectivity index (χ0v) is 20.5. The van der Waals surface area contributed by atoms with Gasteiger partial charge in [-0.2, -0.15) is 0 Å². The van der Waals surface area contributed by atoms with Gasteiger partial charge in [-0.05, 0) is 46.2 Å². The van der Waals surface area contributed by atoms with Crippen molar-refractivity contribution in [2.45, 2.75) is 52.4 Å². The molecule has 0 N–H and O–H groups in total. The Morgan fingerprint density at radius 1 is 0.594 bits per heavy atom. The number of hydrogen-bond donors (Lipinski definition) is 0. The van der Waals surface area contributed by atoms with Gasteiger partial charge in [-0.3, -0.25) is 0 Å². The number of rotatable bonds is 5. The molecule has 170 valence electrons. The van der Waals surface area contributed by atoms with Crippen molar-refractivity contribution in [2.24, 2.45) is 0 Å². The first-order valence-electron chi connectivity index (χ1n) is 11.7.